The molecular weight excluding hydrogens is 554 g/mol. The largest absolute Gasteiger partial charge is 0.384 e. The van der Waals surface area contributed by atoms with E-state index in [9.17, 15) is 9.59 Å². The number of pyridine rings is 1. The number of rotatable bonds is 9. The molecule has 1 saturated carbocycles. The number of carbonyl (C=O) groups excluding carboxylic acids is 2. The smallest absolute Gasteiger partial charge is 0.240 e. The summed E-state index contributed by atoms with van der Waals surface area (Å²) in [7, 11) is 0. The molecule has 1 atom stereocenters. The molecule has 42 heavy (non-hydrogen) atoms. The van der Waals surface area contributed by atoms with Crippen LogP contribution in [0, 0.1) is 18.8 Å². The summed E-state index contributed by atoms with van der Waals surface area (Å²) >= 11 is 0. The van der Waals surface area contributed by atoms with Crippen molar-refractivity contribution in [3.05, 3.63) is 71.9 Å². The minimum atomic E-state index is -0.895. The molecule has 1 aliphatic carbocycles. The van der Waals surface area contributed by atoms with E-state index >= 15 is 0 Å². The van der Waals surface area contributed by atoms with Crippen molar-refractivity contribution < 1.29 is 9.59 Å². The number of aromatic nitrogens is 5. The topological polar surface area (TPSA) is 183 Å². The number of tetrazole rings is 1. The van der Waals surface area contributed by atoms with Gasteiger partial charge in [-0.15, -0.1) is 17.5 Å². The van der Waals surface area contributed by atoms with Crippen LogP contribution in [-0.2, 0) is 16.0 Å². The van der Waals surface area contributed by atoms with E-state index in [1.807, 2.05) is 49.4 Å². The minimum absolute atomic E-state index is 0. The van der Waals surface area contributed by atoms with Crippen LogP contribution >= 0.6 is 12.4 Å². The Morgan fingerprint density at radius 3 is 2.38 bits per heavy atom. The van der Waals surface area contributed by atoms with Crippen LogP contribution in [0.3, 0.4) is 0 Å². The summed E-state index contributed by atoms with van der Waals surface area (Å²) in [6.07, 6.45) is 3.47. The molecule has 2 amide bonds. The van der Waals surface area contributed by atoms with Crippen LogP contribution in [0.25, 0.3) is 22.5 Å². The molecule has 0 bridgehead atoms. The zero-order valence-corrected chi connectivity index (χ0v) is 24.3. The molecule has 12 heteroatoms. The SMILES string of the molecule is Cc1nc(N)ccc1-c1cccc(C[C@@H](C(N)=O)N(c2ccc(-c3nnn[nH]3)cc2)C(=O)[C@H]2CC[C@H](CN)CC2)c1.Cl. The maximum atomic E-state index is 14.1. The van der Waals surface area contributed by atoms with Crippen LogP contribution in [0.5, 0.6) is 0 Å². The molecule has 0 saturated heterocycles. The van der Waals surface area contributed by atoms with Gasteiger partial charge in [-0.3, -0.25) is 14.5 Å². The van der Waals surface area contributed by atoms with E-state index in [1.54, 1.807) is 23.1 Å². The third-order valence-electron chi connectivity index (χ3n) is 7.95. The molecule has 4 aromatic rings. The summed E-state index contributed by atoms with van der Waals surface area (Å²) in [6.45, 7) is 2.52. The fourth-order valence-corrected chi connectivity index (χ4v) is 5.66. The second-order valence-corrected chi connectivity index (χ2v) is 10.7. The highest BCUT2D eigenvalue weighted by atomic mass is 35.5. The lowest BCUT2D eigenvalue weighted by atomic mass is 9.81. The highest BCUT2D eigenvalue weighted by Crippen LogP contribution is 2.33. The Hall–Kier alpha value is -4.35. The number of aryl methyl sites for hydroxylation is 1. The van der Waals surface area contributed by atoms with Crippen LogP contribution in [0.1, 0.15) is 36.9 Å². The number of nitrogens with two attached hydrogens (primary N) is 3. The van der Waals surface area contributed by atoms with Gasteiger partial charge in [-0.1, -0.05) is 24.3 Å². The summed E-state index contributed by atoms with van der Waals surface area (Å²) in [5.41, 5.74) is 22.7. The second-order valence-electron chi connectivity index (χ2n) is 10.7. The molecule has 0 unspecified atom stereocenters. The highest BCUT2D eigenvalue weighted by Gasteiger charge is 2.36. The first-order valence-electron chi connectivity index (χ1n) is 13.8. The monoisotopic (exact) mass is 589 g/mol. The quantitative estimate of drug-likeness (QED) is 0.229. The van der Waals surface area contributed by atoms with Crippen molar-refractivity contribution in [3.63, 3.8) is 0 Å². The van der Waals surface area contributed by atoms with Crippen LogP contribution in [-0.4, -0.2) is 50.0 Å². The predicted molar refractivity (Wildman–Crippen MR) is 164 cm³/mol. The number of halogens is 1. The first kappa shape index (κ1) is 30.6. The molecule has 0 spiro atoms. The zero-order chi connectivity index (χ0) is 28.9. The van der Waals surface area contributed by atoms with Gasteiger partial charge in [0.2, 0.25) is 11.8 Å². The maximum Gasteiger partial charge on any atom is 0.240 e. The first-order chi connectivity index (χ1) is 19.8. The van der Waals surface area contributed by atoms with Gasteiger partial charge in [0.25, 0.3) is 0 Å². The van der Waals surface area contributed by atoms with Crippen LogP contribution in [0.15, 0.2) is 60.7 Å². The molecule has 7 N–H and O–H groups in total. The molecule has 220 valence electrons. The Morgan fingerprint density at radius 2 is 1.76 bits per heavy atom. The number of nitrogens with zero attached hydrogens (tertiary/aromatic N) is 5. The fraction of sp³-hybridized carbons (Fsp3) is 0.333. The molecule has 11 nitrogen and oxygen atoms in total. The standard InChI is InChI=1S/C30H35N9O2.ClH/c1-18-25(13-14-27(32)34-18)23-4-2-3-20(15-23)16-26(28(33)40)39(30(41)22-7-5-19(17-31)6-8-22)24-11-9-21(10-12-24)29-35-37-38-36-29;/h2-4,9-15,19,22,26H,5-8,16-17,31H2,1H3,(H2,32,34)(H2,33,40)(H,35,36,37,38);1H/t19-,22-,26-;/m0./s1. The number of benzene rings is 2. The summed E-state index contributed by atoms with van der Waals surface area (Å²) in [6, 6.07) is 17.9. The van der Waals surface area contributed by atoms with Crippen molar-refractivity contribution in [1.82, 2.24) is 25.6 Å². The van der Waals surface area contributed by atoms with Gasteiger partial charge in [-0.05, 0) is 103 Å². The first-order valence-corrected chi connectivity index (χ1v) is 13.8. The van der Waals surface area contributed by atoms with Crippen molar-refractivity contribution >= 4 is 35.7 Å². The van der Waals surface area contributed by atoms with E-state index in [0.717, 1.165) is 53.6 Å². The van der Waals surface area contributed by atoms with Gasteiger partial charge in [0, 0.05) is 34.8 Å². The Balaban J connectivity index is 0.00000405. The van der Waals surface area contributed by atoms with Gasteiger partial charge in [-0.25, -0.2) is 10.1 Å². The number of primary amides is 1. The van der Waals surface area contributed by atoms with Crippen molar-refractivity contribution in [3.8, 4) is 22.5 Å². The lowest BCUT2D eigenvalue weighted by molar-refractivity contribution is -0.127. The number of anilines is 2. The predicted octanol–water partition coefficient (Wildman–Crippen LogP) is 3.44. The van der Waals surface area contributed by atoms with E-state index < -0.39 is 11.9 Å². The number of hydrogen-bond donors (Lipinski definition) is 4. The van der Waals surface area contributed by atoms with Gasteiger partial charge < -0.3 is 17.2 Å². The van der Waals surface area contributed by atoms with Crippen LogP contribution < -0.4 is 22.1 Å². The fourth-order valence-electron chi connectivity index (χ4n) is 5.66. The number of aromatic amines is 1. The number of carbonyl (C=O) groups is 2. The Kier molecular flexibility index (Phi) is 9.87. The molecule has 1 aliphatic rings. The third-order valence-corrected chi connectivity index (χ3v) is 7.95. The molecule has 1 fully saturated rings. The minimum Gasteiger partial charge on any atom is -0.384 e. The summed E-state index contributed by atoms with van der Waals surface area (Å²) in [5.74, 6) is 0.485. The van der Waals surface area contributed by atoms with Gasteiger partial charge in [0.1, 0.15) is 11.9 Å². The maximum absolute atomic E-state index is 14.1. The lowest BCUT2D eigenvalue weighted by Gasteiger charge is -2.35. The summed E-state index contributed by atoms with van der Waals surface area (Å²) in [4.78, 5) is 33.2. The Morgan fingerprint density at radius 1 is 1.02 bits per heavy atom. The van der Waals surface area contributed by atoms with Gasteiger partial charge >= 0.3 is 0 Å². The van der Waals surface area contributed by atoms with E-state index in [2.05, 4.69) is 25.6 Å². The molecular formula is C30H36ClN9O2. The molecule has 0 aliphatic heterocycles. The van der Waals surface area contributed by atoms with Crippen LogP contribution in [0.2, 0.25) is 0 Å². The Labute approximate surface area is 250 Å². The number of nitrogens with one attached hydrogen (secondary N) is 1. The van der Waals surface area contributed by atoms with Gasteiger partial charge in [0.05, 0.1) is 0 Å². The molecule has 2 aromatic heterocycles. The van der Waals surface area contributed by atoms with E-state index in [-0.39, 0.29) is 30.7 Å². The average molecular weight is 590 g/mol. The van der Waals surface area contributed by atoms with Gasteiger partial charge in [0.15, 0.2) is 5.82 Å². The van der Waals surface area contributed by atoms with Crippen molar-refractivity contribution in [1.29, 1.82) is 0 Å². The van der Waals surface area contributed by atoms with Gasteiger partial charge in [-0.2, -0.15) is 0 Å². The number of hydrogen-bond acceptors (Lipinski definition) is 8. The molecule has 0 radical (unpaired) electrons. The van der Waals surface area contributed by atoms with E-state index in [0.29, 0.717) is 29.8 Å². The summed E-state index contributed by atoms with van der Waals surface area (Å²) < 4.78 is 0. The lowest BCUT2D eigenvalue weighted by Crippen LogP contribution is -2.52. The van der Waals surface area contributed by atoms with E-state index in [1.165, 1.54) is 0 Å². The number of H-pyrrole nitrogens is 1. The highest BCUT2D eigenvalue weighted by molar-refractivity contribution is 6.01. The van der Waals surface area contributed by atoms with E-state index in [4.69, 9.17) is 17.2 Å². The normalized spacial score (nSPS) is 17.2. The summed E-state index contributed by atoms with van der Waals surface area (Å²) in [5, 5.41) is 14.0. The average Bonchev–Trinajstić information content (AvgIpc) is 3.52. The number of amides is 2. The molecule has 2 heterocycles. The Bertz CT molecular complexity index is 1500. The van der Waals surface area contributed by atoms with Crippen molar-refractivity contribution in [2.75, 3.05) is 17.2 Å². The number of nitrogen functional groups attached to an aromatic ring is 1. The van der Waals surface area contributed by atoms with Crippen LogP contribution in [0.4, 0.5) is 11.5 Å². The third kappa shape index (κ3) is 6.75. The van der Waals surface area contributed by atoms with Crippen molar-refractivity contribution in [2.45, 2.75) is 45.1 Å². The van der Waals surface area contributed by atoms with Crippen molar-refractivity contribution in [2.24, 2.45) is 23.3 Å². The molecule has 5 rings (SSSR count). The second kappa shape index (κ2) is 13.5. The molecule has 2 aromatic carbocycles. The zero-order valence-electron chi connectivity index (χ0n) is 23.4.